The van der Waals surface area contributed by atoms with Crippen LogP contribution < -0.4 is 15.5 Å². The number of hydrogen-bond acceptors (Lipinski definition) is 5. The predicted molar refractivity (Wildman–Crippen MR) is 112 cm³/mol. The molecule has 27 heavy (non-hydrogen) atoms. The summed E-state index contributed by atoms with van der Waals surface area (Å²) in [5.41, 5.74) is 3.20. The molecule has 3 aromatic rings. The maximum atomic E-state index is 4.58. The fraction of sp³-hybridized carbons (Fsp3) is 0.316. The molecule has 0 saturated carbocycles. The van der Waals surface area contributed by atoms with Gasteiger partial charge in [-0.1, -0.05) is 12.1 Å². The molecule has 0 spiro atoms. The lowest BCUT2D eigenvalue weighted by atomic mass is 10.1. The number of rotatable bonds is 6. The Morgan fingerprint density at radius 2 is 2.19 bits per heavy atom. The van der Waals surface area contributed by atoms with Crippen molar-refractivity contribution in [2.45, 2.75) is 19.5 Å². The zero-order valence-electron chi connectivity index (χ0n) is 16.0. The van der Waals surface area contributed by atoms with E-state index in [0.717, 1.165) is 28.0 Å². The molecule has 0 aliphatic carbocycles. The van der Waals surface area contributed by atoms with Crippen LogP contribution in [-0.4, -0.2) is 41.9 Å². The molecular weight excluding hydrogens is 358 g/mol. The van der Waals surface area contributed by atoms with Crippen molar-refractivity contribution in [1.29, 1.82) is 0 Å². The van der Waals surface area contributed by atoms with E-state index in [1.807, 2.05) is 48.1 Å². The maximum Gasteiger partial charge on any atom is 0.191 e. The van der Waals surface area contributed by atoms with Crippen molar-refractivity contribution in [2.24, 2.45) is 4.99 Å². The number of anilines is 1. The highest BCUT2D eigenvalue weighted by Crippen LogP contribution is 2.18. The number of aliphatic imine (C=N–C) groups is 1. The molecular formula is C19H25N7S. The van der Waals surface area contributed by atoms with Gasteiger partial charge in [0.1, 0.15) is 0 Å². The molecule has 7 nitrogen and oxygen atoms in total. The highest BCUT2D eigenvalue weighted by atomic mass is 32.1. The Hall–Kier alpha value is -2.87. The minimum atomic E-state index is 0.0967. The molecule has 1 atom stereocenters. The van der Waals surface area contributed by atoms with Crippen molar-refractivity contribution in [3.05, 3.63) is 59.4 Å². The number of thiazole rings is 1. The van der Waals surface area contributed by atoms with Crippen LogP contribution in [0, 0.1) is 0 Å². The highest BCUT2D eigenvalue weighted by Gasteiger charge is 2.10. The number of nitrogens with one attached hydrogen (secondary N) is 2. The predicted octanol–water partition coefficient (Wildman–Crippen LogP) is 2.82. The van der Waals surface area contributed by atoms with E-state index in [0.29, 0.717) is 6.54 Å². The first-order chi connectivity index (χ1) is 13.1. The van der Waals surface area contributed by atoms with Gasteiger partial charge in [0.15, 0.2) is 11.1 Å². The van der Waals surface area contributed by atoms with Gasteiger partial charge in [0, 0.05) is 38.9 Å². The smallest absolute Gasteiger partial charge is 0.191 e. The monoisotopic (exact) mass is 383 g/mol. The molecule has 0 radical (unpaired) electrons. The van der Waals surface area contributed by atoms with Crippen LogP contribution in [0.2, 0.25) is 0 Å². The third-order valence-electron chi connectivity index (χ3n) is 4.08. The zero-order valence-corrected chi connectivity index (χ0v) is 16.9. The largest absolute Gasteiger partial charge is 0.354 e. The van der Waals surface area contributed by atoms with Gasteiger partial charge in [-0.3, -0.25) is 4.99 Å². The van der Waals surface area contributed by atoms with Crippen LogP contribution in [0.5, 0.6) is 0 Å². The van der Waals surface area contributed by atoms with Crippen LogP contribution >= 0.6 is 11.3 Å². The summed E-state index contributed by atoms with van der Waals surface area (Å²) in [6, 6.07) is 10.3. The molecule has 0 fully saturated rings. The molecule has 1 aromatic carbocycles. The van der Waals surface area contributed by atoms with Crippen molar-refractivity contribution >= 4 is 22.4 Å². The fourth-order valence-electron chi connectivity index (χ4n) is 2.60. The molecule has 2 aromatic heterocycles. The fourth-order valence-corrected chi connectivity index (χ4v) is 3.36. The van der Waals surface area contributed by atoms with Gasteiger partial charge < -0.3 is 15.5 Å². The summed E-state index contributed by atoms with van der Waals surface area (Å²) in [5.74, 6) is 0.742. The van der Waals surface area contributed by atoms with Gasteiger partial charge in [-0.05, 0) is 30.7 Å². The molecule has 8 heteroatoms. The Morgan fingerprint density at radius 3 is 2.85 bits per heavy atom. The van der Waals surface area contributed by atoms with Crippen molar-refractivity contribution < 1.29 is 0 Å². The minimum absolute atomic E-state index is 0.0967. The highest BCUT2D eigenvalue weighted by molar-refractivity contribution is 7.13. The van der Waals surface area contributed by atoms with Crippen molar-refractivity contribution in [1.82, 2.24) is 25.4 Å². The van der Waals surface area contributed by atoms with Gasteiger partial charge >= 0.3 is 0 Å². The third-order valence-corrected chi connectivity index (χ3v) is 5.13. The maximum absolute atomic E-state index is 4.58. The number of guanidine groups is 1. The van der Waals surface area contributed by atoms with Crippen molar-refractivity contribution in [2.75, 3.05) is 26.0 Å². The Morgan fingerprint density at radius 1 is 1.33 bits per heavy atom. The molecule has 0 aliphatic rings. The number of hydrogen-bond donors (Lipinski definition) is 2. The molecule has 0 aliphatic heterocycles. The second-order valence-corrected chi connectivity index (χ2v) is 7.19. The van der Waals surface area contributed by atoms with E-state index in [9.17, 15) is 0 Å². The standard InChI is InChI=1S/C19H25N7S/c1-14(15-7-5-8-17(11-15)26-10-6-9-22-26)23-18(20-2)21-12-16-13-27-19(24-16)25(3)4/h5-11,13-14H,12H2,1-4H3,(H2,20,21,23). The summed E-state index contributed by atoms with van der Waals surface area (Å²) < 4.78 is 1.86. The lowest BCUT2D eigenvalue weighted by Gasteiger charge is -2.18. The molecule has 3 rings (SSSR count). The van der Waals surface area contributed by atoms with Crippen LogP contribution in [0.3, 0.4) is 0 Å². The number of aromatic nitrogens is 3. The summed E-state index contributed by atoms with van der Waals surface area (Å²) in [5, 5.41) is 14.1. The van der Waals surface area contributed by atoms with E-state index in [1.54, 1.807) is 24.6 Å². The van der Waals surface area contributed by atoms with E-state index in [2.05, 4.69) is 50.1 Å². The summed E-state index contributed by atoms with van der Waals surface area (Å²) >= 11 is 1.63. The summed E-state index contributed by atoms with van der Waals surface area (Å²) in [7, 11) is 5.76. The third kappa shape index (κ3) is 4.85. The molecule has 0 bridgehead atoms. The second-order valence-electron chi connectivity index (χ2n) is 6.35. The van der Waals surface area contributed by atoms with Crippen LogP contribution in [0.4, 0.5) is 5.13 Å². The first-order valence-electron chi connectivity index (χ1n) is 8.75. The van der Waals surface area contributed by atoms with Gasteiger partial charge in [-0.2, -0.15) is 5.10 Å². The van der Waals surface area contributed by atoms with Crippen LogP contribution in [0.15, 0.2) is 53.1 Å². The molecule has 2 heterocycles. The van der Waals surface area contributed by atoms with E-state index >= 15 is 0 Å². The second kappa shape index (κ2) is 8.68. The first kappa shape index (κ1) is 18.9. The molecule has 0 saturated heterocycles. The van der Waals surface area contributed by atoms with Gasteiger partial charge in [0.05, 0.1) is 24.0 Å². The average Bonchev–Trinajstić information content (AvgIpc) is 3.37. The van der Waals surface area contributed by atoms with Gasteiger partial charge in [-0.15, -0.1) is 11.3 Å². The van der Waals surface area contributed by atoms with Crippen molar-refractivity contribution in [3.63, 3.8) is 0 Å². The lowest BCUT2D eigenvalue weighted by molar-refractivity contribution is 0.682. The van der Waals surface area contributed by atoms with E-state index < -0.39 is 0 Å². The van der Waals surface area contributed by atoms with E-state index in [4.69, 9.17) is 0 Å². The van der Waals surface area contributed by atoms with Crippen molar-refractivity contribution in [3.8, 4) is 5.69 Å². The van der Waals surface area contributed by atoms with Crippen LogP contribution in [0.1, 0.15) is 24.2 Å². The SMILES string of the molecule is CN=C(NCc1csc(N(C)C)n1)NC(C)c1cccc(-n2cccn2)c1. The van der Waals surface area contributed by atoms with Gasteiger partial charge in [-0.25, -0.2) is 9.67 Å². The minimum Gasteiger partial charge on any atom is -0.354 e. The normalized spacial score (nSPS) is 12.7. The van der Waals surface area contributed by atoms with Crippen LogP contribution in [-0.2, 0) is 6.54 Å². The topological polar surface area (TPSA) is 70.4 Å². The molecule has 0 amide bonds. The quantitative estimate of drug-likeness (QED) is 0.506. The van der Waals surface area contributed by atoms with E-state index in [1.165, 1.54) is 0 Å². The number of benzene rings is 1. The van der Waals surface area contributed by atoms with Gasteiger partial charge in [0.25, 0.3) is 0 Å². The summed E-state index contributed by atoms with van der Waals surface area (Å²) in [6.45, 7) is 2.74. The Bertz CT molecular complexity index is 883. The number of nitrogens with zero attached hydrogens (tertiary/aromatic N) is 5. The summed E-state index contributed by atoms with van der Waals surface area (Å²) in [4.78, 5) is 10.9. The Labute approximate surface area is 163 Å². The zero-order chi connectivity index (χ0) is 19.2. The Kier molecular flexibility index (Phi) is 6.08. The molecule has 2 N–H and O–H groups in total. The lowest BCUT2D eigenvalue weighted by Crippen LogP contribution is -2.38. The van der Waals surface area contributed by atoms with Gasteiger partial charge in [0.2, 0.25) is 0 Å². The first-order valence-corrected chi connectivity index (χ1v) is 9.63. The molecule has 142 valence electrons. The van der Waals surface area contributed by atoms with Crippen LogP contribution in [0.25, 0.3) is 5.69 Å². The average molecular weight is 384 g/mol. The summed E-state index contributed by atoms with van der Waals surface area (Å²) in [6.07, 6.45) is 3.72. The molecule has 1 unspecified atom stereocenters. The Balaban J connectivity index is 1.61. The van der Waals surface area contributed by atoms with E-state index in [-0.39, 0.29) is 6.04 Å².